The van der Waals surface area contributed by atoms with Crippen molar-refractivity contribution in [2.24, 2.45) is 0 Å². The lowest BCUT2D eigenvalue weighted by atomic mass is 10.1. The maximum absolute atomic E-state index is 11.9. The fourth-order valence-electron chi connectivity index (χ4n) is 1.66. The van der Waals surface area contributed by atoms with Gasteiger partial charge in [0.05, 0.1) is 13.5 Å². The Morgan fingerprint density at radius 3 is 2.26 bits per heavy atom. The number of carbonyl (C=O) groups excluding carboxylic acids is 4. The van der Waals surface area contributed by atoms with Crippen LogP contribution in [0.15, 0.2) is 24.3 Å². The van der Waals surface area contributed by atoms with Crippen molar-refractivity contribution in [3.63, 3.8) is 0 Å². The smallest absolute Gasteiger partial charge is 0.413 e. The minimum absolute atomic E-state index is 0.0206. The van der Waals surface area contributed by atoms with E-state index in [1.54, 1.807) is 12.1 Å². The van der Waals surface area contributed by atoms with Crippen LogP contribution < -0.4 is 5.32 Å². The number of nitrogens with one attached hydrogen (secondary N) is 1. The first kappa shape index (κ1) is 18.3. The molecule has 1 atom stereocenters. The van der Waals surface area contributed by atoms with Gasteiger partial charge in [0.2, 0.25) is 0 Å². The molecule has 0 saturated heterocycles. The molecule has 1 aromatic carbocycles. The Kier molecular flexibility index (Phi) is 6.92. The number of carbonyl (C=O) groups is 4. The average molecular weight is 321 g/mol. The largest absolute Gasteiger partial charge is 0.453 e. The number of hydrogen-bond donors (Lipinski definition) is 1. The highest BCUT2D eigenvalue weighted by Crippen LogP contribution is 2.08. The highest BCUT2D eigenvalue weighted by Gasteiger charge is 2.20. The molecule has 7 heteroatoms. The van der Waals surface area contributed by atoms with E-state index >= 15 is 0 Å². The van der Waals surface area contributed by atoms with E-state index in [4.69, 9.17) is 4.74 Å². The van der Waals surface area contributed by atoms with E-state index in [1.165, 1.54) is 6.92 Å². The van der Waals surface area contributed by atoms with E-state index in [2.05, 4.69) is 4.74 Å². The number of ketones is 1. The predicted molar refractivity (Wildman–Crippen MR) is 80.8 cm³/mol. The molecule has 23 heavy (non-hydrogen) atoms. The zero-order chi connectivity index (χ0) is 17.4. The first-order valence-electron chi connectivity index (χ1n) is 7.01. The van der Waals surface area contributed by atoms with Crippen molar-refractivity contribution in [2.75, 3.05) is 7.11 Å². The van der Waals surface area contributed by atoms with Gasteiger partial charge in [-0.1, -0.05) is 29.8 Å². The summed E-state index contributed by atoms with van der Waals surface area (Å²) in [7, 11) is 1.11. The number of hydrogen-bond acceptors (Lipinski definition) is 6. The van der Waals surface area contributed by atoms with E-state index < -0.39 is 24.1 Å². The molecular weight excluding hydrogens is 302 g/mol. The summed E-state index contributed by atoms with van der Waals surface area (Å²) in [6.45, 7) is 3.23. The van der Waals surface area contributed by atoms with Crippen molar-refractivity contribution in [3.8, 4) is 0 Å². The van der Waals surface area contributed by atoms with Crippen LogP contribution in [-0.2, 0) is 19.1 Å². The van der Waals surface area contributed by atoms with Gasteiger partial charge >= 0.3 is 12.1 Å². The molecule has 0 aliphatic carbocycles. The van der Waals surface area contributed by atoms with Crippen LogP contribution in [-0.4, -0.2) is 37.0 Å². The molecule has 7 nitrogen and oxygen atoms in total. The number of esters is 1. The maximum Gasteiger partial charge on any atom is 0.413 e. The van der Waals surface area contributed by atoms with Crippen molar-refractivity contribution in [3.05, 3.63) is 35.4 Å². The second-order valence-electron chi connectivity index (χ2n) is 4.90. The van der Waals surface area contributed by atoms with Crippen LogP contribution in [0.1, 0.15) is 35.7 Å². The van der Waals surface area contributed by atoms with Crippen molar-refractivity contribution in [2.45, 2.75) is 32.8 Å². The van der Waals surface area contributed by atoms with E-state index in [9.17, 15) is 19.2 Å². The van der Waals surface area contributed by atoms with E-state index in [0.29, 0.717) is 5.56 Å². The fraction of sp³-hybridized carbons (Fsp3) is 0.375. The third kappa shape index (κ3) is 6.29. The van der Waals surface area contributed by atoms with Gasteiger partial charge in [-0.25, -0.2) is 4.79 Å². The lowest BCUT2D eigenvalue weighted by Crippen LogP contribution is -2.39. The number of alkyl carbamates (subject to hydrolysis) is 1. The third-order valence-corrected chi connectivity index (χ3v) is 3.02. The fourth-order valence-corrected chi connectivity index (χ4v) is 1.66. The summed E-state index contributed by atoms with van der Waals surface area (Å²) in [6.07, 6.45) is -2.26. The minimum atomic E-state index is -1.16. The molecule has 1 aromatic rings. The van der Waals surface area contributed by atoms with Gasteiger partial charge in [-0.2, -0.15) is 0 Å². The summed E-state index contributed by atoms with van der Waals surface area (Å²) in [4.78, 5) is 45.9. The lowest BCUT2D eigenvalue weighted by molar-refractivity contribution is -0.154. The lowest BCUT2D eigenvalue weighted by Gasteiger charge is -2.12. The average Bonchev–Trinajstić information content (AvgIpc) is 2.52. The summed E-state index contributed by atoms with van der Waals surface area (Å²) in [5, 5.41) is 1.89. The second-order valence-corrected chi connectivity index (χ2v) is 4.90. The van der Waals surface area contributed by atoms with Crippen molar-refractivity contribution < 1.29 is 28.7 Å². The van der Waals surface area contributed by atoms with Gasteiger partial charge in [0, 0.05) is 12.0 Å². The van der Waals surface area contributed by atoms with E-state index in [1.807, 2.05) is 24.4 Å². The van der Waals surface area contributed by atoms with Gasteiger partial charge in [0.1, 0.15) is 0 Å². The Hall–Kier alpha value is -2.70. The molecule has 1 N–H and O–H groups in total. The topological polar surface area (TPSA) is 98.8 Å². The van der Waals surface area contributed by atoms with Crippen molar-refractivity contribution >= 4 is 23.8 Å². The molecular formula is C16H19NO6. The summed E-state index contributed by atoms with van der Waals surface area (Å²) in [5.41, 5.74) is 1.55. The molecule has 0 saturated carbocycles. The molecule has 1 rings (SSSR count). The first-order valence-corrected chi connectivity index (χ1v) is 7.01. The van der Waals surface area contributed by atoms with E-state index in [0.717, 1.165) is 12.7 Å². The van der Waals surface area contributed by atoms with Crippen molar-refractivity contribution in [1.82, 2.24) is 5.32 Å². The minimum Gasteiger partial charge on any atom is -0.453 e. The maximum atomic E-state index is 11.9. The Labute approximate surface area is 134 Å². The number of amides is 2. The number of ether oxygens (including phenoxy) is 2. The molecule has 0 unspecified atom stereocenters. The number of rotatable bonds is 6. The van der Waals surface area contributed by atoms with Crippen LogP contribution in [0.4, 0.5) is 4.79 Å². The molecule has 124 valence electrons. The van der Waals surface area contributed by atoms with Crippen LogP contribution in [0.5, 0.6) is 0 Å². The van der Waals surface area contributed by atoms with Crippen LogP contribution in [0, 0.1) is 6.92 Å². The number of aryl methyl sites for hydroxylation is 1. The standard InChI is InChI=1S/C16H19NO6/c1-10-4-6-12(7-5-10)13(18)8-9-14(19)23-11(2)15(20)17-16(21)22-3/h4-7,11H,8-9H2,1-3H3,(H,17,20,21)/t11-/m1/s1. The normalized spacial score (nSPS) is 11.3. The van der Waals surface area contributed by atoms with Gasteiger partial charge in [0.25, 0.3) is 5.91 Å². The van der Waals surface area contributed by atoms with Crippen LogP contribution in [0.2, 0.25) is 0 Å². The first-order chi connectivity index (χ1) is 10.8. The van der Waals surface area contributed by atoms with Gasteiger partial charge in [-0.05, 0) is 13.8 Å². The molecule has 0 aliphatic heterocycles. The Bertz CT molecular complexity index is 593. The predicted octanol–water partition coefficient (Wildman–Crippen LogP) is 1.77. The molecule has 0 fully saturated rings. The summed E-state index contributed by atoms with van der Waals surface area (Å²) < 4.78 is 9.11. The highest BCUT2D eigenvalue weighted by atomic mass is 16.6. The summed E-state index contributed by atoms with van der Waals surface area (Å²) in [5.74, 6) is -1.68. The van der Waals surface area contributed by atoms with Crippen LogP contribution in [0.3, 0.4) is 0 Å². The molecule has 0 aliphatic rings. The third-order valence-electron chi connectivity index (χ3n) is 3.02. The number of benzene rings is 1. The van der Waals surface area contributed by atoms with Gasteiger partial charge in [-0.3, -0.25) is 19.7 Å². The molecule has 2 amide bonds. The Morgan fingerprint density at radius 2 is 1.70 bits per heavy atom. The van der Waals surface area contributed by atoms with Crippen molar-refractivity contribution in [1.29, 1.82) is 0 Å². The number of methoxy groups -OCH3 is 1. The van der Waals surface area contributed by atoms with Crippen LogP contribution in [0.25, 0.3) is 0 Å². The zero-order valence-electron chi connectivity index (χ0n) is 13.3. The second kappa shape index (κ2) is 8.67. The summed E-state index contributed by atoms with van der Waals surface area (Å²) in [6, 6.07) is 7.00. The molecule has 0 heterocycles. The van der Waals surface area contributed by atoms with Gasteiger partial charge in [-0.15, -0.1) is 0 Å². The van der Waals surface area contributed by atoms with Gasteiger partial charge in [0.15, 0.2) is 11.9 Å². The van der Waals surface area contributed by atoms with Gasteiger partial charge < -0.3 is 9.47 Å². The Morgan fingerprint density at radius 1 is 1.09 bits per heavy atom. The van der Waals surface area contributed by atoms with E-state index in [-0.39, 0.29) is 18.6 Å². The SMILES string of the molecule is COC(=O)NC(=O)[C@@H](C)OC(=O)CCC(=O)c1ccc(C)cc1. The zero-order valence-corrected chi connectivity index (χ0v) is 13.3. The monoisotopic (exact) mass is 321 g/mol. The quantitative estimate of drug-likeness (QED) is 0.633. The van der Waals surface area contributed by atoms with Crippen LogP contribution >= 0.6 is 0 Å². The molecule has 0 spiro atoms. The molecule has 0 radical (unpaired) electrons. The number of Topliss-reactive ketones (excluding diaryl/α,β-unsaturated/α-hetero) is 1. The molecule has 0 bridgehead atoms. The Balaban J connectivity index is 2.41. The highest BCUT2D eigenvalue weighted by molar-refractivity contribution is 5.98. The summed E-state index contributed by atoms with van der Waals surface area (Å²) >= 11 is 0. The molecule has 0 aromatic heterocycles. The number of imide groups is 1.